The Morgan fingerprint density at radius 2 is 2.29 bits per heavy atom. The highest BCUT2D eigenvalue weighted by atomic mass is 16.5. The van der Waals surface area contributed by atoms with E-state index in [1.54, 1.807) is 7.11 Å². The van der Waals surface area contributed by atoms with Crippen LogP contribution in [0.25, 0.3) is 0 Å². The molecular formula is C17H26N2O2. The second-order valence-corrected chi connectivity index (χ2v) is 6.32. The summed E-state index contributed by atoms with van der Waals surface area (Å²) in [6.07, 6.45) is 8.00. The summed E-state index contributed by atoms with van der Waals surface area (Å²) in [5.41, 5.74) is 1.17. The molecule has 116 valence electrons. The fourth-order valence-corrected chi connectivity index (χ4v) is 3.81. The average molecular weight is 290 g/mol. The maximum absolute atomic E-state index is 6.24. The molecule has 2 heterocycles. The van der Waals surface area contributed by atoms with Crippen LogP contribution in [0.15, 0.2) is 24.5 Å². The van der Waals surface area contributed by atoms with Crippen molar-refractivity contribution >= 4 is 0 Å². The van der Waals surface area contributed by atoms with E-state index in [0.717, 1.165) is 19.1 Å². The van der Waals surface area contributed by atoms with Crippen molar-refractivity contribution in [2.24, 2.45) is 11.8 Å². The Bertz CT molecular complexity index is 426. The standard InChI is InChI=1S/C17H26N2O2/c1-20-9-8-19-11-15-5-2-6-17(16(15)12-19)21-13-14-4-3-7-18-10-14/h3-4,7,10,15-17H,2,5-6,8-9,11-13H2,1H3/t15-,16+,17?/m0/s1. The summed E-state index contributed by atoms with van der Waals surface area (Å²) in [5, 5.41) is 0. The van der Waals surface area contributed by atoms with E-state index in [1.807, 2.05) is 18.5 Å². The van der Waals surface area contributed by atoms with Gasteiger partial charge >= 0.3 is 0 Å². The Morgan fingerprint density at radius 1 is 1.33 bits per heavy atom. The van der Waals surface area contributed by atoms with E-state index in [4.69, 9.17) is 9.47 Å². The van der Waals surface area contributed by atoms with Crippen molar-refractivity contribution in [2.45, 2.75) is 32.0 Å². The van der Waals surface area contributed by atoms with Crippen molar-refractivity contribution in [2.75, 3.05) is 33.4 Å². The average Bonchev–Trinajstić information content (AvgIpc) is 2.95. The quantitative estimate of drug-likeness (QED) is 0.805. The van der Waals surface area contributed by atoms with Gasteiger partial charge in [0.15, 0.2) is 0 Å². The number of aromatic nitrogens is 1. The van der Waals surface area contributed by atoms with E-state index in [2.05, 4.69) is 16.0 Å². The van der Waals surface area contributed by atoms with Gasteiger partial charge in [0.05, 0.1) is 19.3 Å². The maximum Gasteiger partial charge on any atom is 0.0735 e. The predicted octanol–water partition coefficient (Wildman–Crippen LogP) is 2.35. The van der Waals surface area contributed by atoms with Crippen LogP contribution in [-0.2, 0) is 16.1 Å². The molecule has 1 aromatic heterocycles. The first-order valence-electron chi connectivity index (χ1n) is 8.08. The minimum atomic E-state index is 0.413. The molecular weight excluding hydrogens is 264 g/mol. The van der Waals surface area contributed by atoms with Gasteiger partial charge in [0.25, 0.3) is 0 Å². The van der Waals surface area contributed by atoms with Crippen molar-refractivity contribution in [1.82, 2.24) is 9.88 Å². The first kappa shape index (κ1) is 14.9. The first-order valence-corrected chi connectivity index (χ1v) is 8.08. The molecule has 3 rings (SSSR count). The van der Waals surface area contributed by atoms with Gasteiger partial charge in [0.2, 0.25) is 0 Å². The van der Waals surface area contributed by atoms with Crippen molar-refractivity contribution in [3.05, 3.63) is 30.1 Å². The van der Waals surface area contributed by atoms with Crippen LogP contribution in [0.4, 0.5) is 0 Å². The molecule has 3 atom stereocenters. The molecule has 1 aromatic rings. The summed E-state index contributed by atoms with van der Waals surface area (Å²) < 4.78 is 11.4. The minimum absolute atomic E-state index is 0.413. The number of methoxy groups -OCH3 is 1. The Balaban J connectivity index is 1.53. The third-order valence-electron chi connectivity index (χ3n) is 4.91. The van der Waals surface area contributed by atoms with Gasteiger partial charge in [-0.05, 0) is 30.4 Å². The predicted molar refractivity (Wildman–Crippen MR) is 82.0 cm³/mol. The molecule has 0 aromatic carbocycles. The SMILES string of the molecule is COCCN1C[C@@H]2CCCC(OCc3cccnc3)[C@@H]2C1. The summed E-state index contributed by atoms with van der Waals surface area (Å²) in [7, 11) is 1.78. The Hall–Kier alpha value is -0.970. The van der Waals surface area contributed by atoms with E-state index >= 15 is 0 Å². The monoisotopic (exact) mass is 290 g/mol. The van der Waals surface area contributed by atoms with Crippen molar-refractivity contribution in [3.63, 3.8) is 0 Å². The van der Waals surface area contributed by atoms with Gasteiger partial charge in [-0.25, -0.2) is 0 Å². The molecule has 1 unspecified atom stereocenters. The molecule has 0 spiro atoms. The molecule has 4 heteroatoms. The van der Waals surface area contributed by atoms with Crippen LogP contribution in [0.5, 0.6) is 0 Å². The van der Waals surface area contributed by atoms with E-state index in [1.165, 1.54) is 37.9 Å². The lowest BCUT2D eigenvalue weighted by molar-refractivity contribution is -0.0297. The lowest BCUT2D eigenvalue weighted by Crippen LogP contribution is -2.34. The molecule has 0 N–H and O–H groups in total. The van der Waals surface area contributed by atoms with Gasteiger partial charge in [-0.15, -0.1) is 0 Å². The summed E-state index contributed by atoms with van der Waals surface area (Å²) in [6.45, 7) is 4.98. The Kier molecular flexibility index (Phi) is 5.22. The number of hydrogen-bond donors (Lipinski definition) is 0. The van der Waals surface area contributed by atoms with Crippen LogP contribution in [0.3, 0.4) is 0 Å². The highest BCUT2D eigenvalue weighted by molar-refractivity contribution is 5.07. The Morgan fingerprint density at radius 3 is 3.10 bits per heavy atom. The second-order valence-electron chi connectivity index (χ2n) is 6.32. The lowest BCUT2D eigenvalue weighted by atomic mass is 9.79. The number of rotatable bonds is 6. The first-order chi connectivity index (χ1) is 10.4. The van der Waals surface area contributed by atoms with Crippen LogP contribution in [-0.4, -0.2) is 49.3 Å². The van der Waals surface area contributed by atoms with Gasteiger partial charge in [-0.2, -0.15) is 0 Å². The summed E-state index contributed by atoms with van der Waals surface area (Å²) in [4.78, 5) is 6.70. The molecule has 2 aliphatic rings. The van der Waals surface area contributed by atoms with E-state index in [-0.39, 0.29) is 0 Å². The van der Waals surface area contributed by atoms with Gasteiger partial charge in [-0.3, -0.25) is 4.98 Å². The second kappa shape index (κ2) is 7.34. The number of pyridine rings is 1. The number of fused-ring (bicyclic) bond motifs is 1. The molecule has 1 aliphatic carbocycles. The lowest BCUT2D eigenvalue weighted by Gasteiger charge is -2.33. The molecule has 0 amide bonds. The fourth-order valence-electron chi connectivity index (χ4n) is 3.81. The zero-order chi connectivity index (χ0) is 14.5. The number of hydrogen-bond acceptors (Lipinski definition) is 4. The van der Waals surface area contributed by atoms with E-state index < -0.39 is 0 Å². The number of ether oxygens (including phenoxy) is 2. The molecule has 0 bridgehead atoms. The highest BCUT2D eigenvalue weighted by Crippen LogP contribution is 2.38. The van der Waals surface area contributed by atoms with Crippen LogP contribution < -0.4 is 0 Å². The molecule has 0 radical (unpaired) electrons. The largest absolute Gasteiger partial charge is 0.383 e. The molecule has 2 fully saturated rings. The summed E-state index contributed by atoms with van der Waals surface area (Å²) >= 11 is 0. The van der Waals surface area contributed by atoms with Crippen LogP contribution >= 0.6 is 0 Å². The molecule has 21 heavy (non-hydrogen) atoms. The van der Waals surface area contributed by atoms with E-state index in [9.17, 15) is 0 Å². The normalized spacial score (nSPS) is 29.5. The minimum Gasteiger partial charge on any atom is -0.383 e. The third-order valence-corrected chi connectivity index (χ3v) is 4.91. The van der Waals surface area contributed by atoms with Gasteiger partial charge in [-0.1, -0.05) is 12.5 Å². The maximum atomic E-state index is 6.24. The smallest absolute Gasteiger partial charge is 0.0735 e. The van der Waals surface area contributed by atoms with Gasteiger partial charge in [0.1, 0.15) is 0 Å². The molecule has 1 aliphatic heterocycles. The fraction of sp³-hybridized carbons (Fsp3) is 0.706. The topological polar surface area (TPSA) is 34.6 Å². The summed E-state index contributed by atoms with van der Waals surface area (Å²) in [6, 6.07) is 4.07. The highest BCUT2D eigenvalue weighted by Gasteiger charge is 2.40. The van der Waals surface area contributed by atoms with Crippen molar-refractivity contribution in [1.29, 1.82) is 0 Å². The van der Waals surface area contributed by atoms with Gasteiger partial charge < -0.3 is 14.4 Å². The van der Waals surface area contributed by atoms with Crippen LogP contribution in [0, 0.1) is 11.8 Å². The summed E-state index contributed by atoms with van der Waals surface area (Å²) in [5.74, 6) is 1.52. The van der Waals surface area contributed by atoms with Crippen molar-refractivity contribution < 1.29 is 9.47 Å². The number of nitrogens with zero attached hydrogens (tertiary/aromatic N) is 2. The van der Waals surface area contributed by atoms with Crippen LogP contribution in [0.2, 0.25) is 0 Å². The molecule has 1 saturated heterocycles. The zero-order valence-electron chi connectivity index (χ0n) is 12.9. The van der Waals surface area contributed by atoms with Crippen molar-refractivity contribution in [3.8, 4) is 0 Å². The number of likely N-dealkylation sites (tertiary alicyclic amines) is 1. The van der Waals surface area contributed by atoms with E-state index in [0.29, 0.717) is 18.6 Å². The molecule has 1 saturated carbocycles. The zero-order valence-corrected chi connectivity index (χ0v) is 12.9. The Labute approximate surface area is 127 Å². The van der Waals surface area contributed by atoms with Crippen LogP contribution in [0.1, 0.15) is 24.8 Å². The molecule has 4 nitrogen and oxygen atoms in total. The third kappa shape index (κ3) is 3.82. The van der Waals surface area contributed by atoms with Gasteiger partial charge in [0, 0.05) is 45.1 Å².